The van der Waals surface area contributed by atoms with Crippen LogP contribution in [0.15, 0.2) is 29.1 Å². The Kier molecular flexibility index (Phi) is 6.08. The number of fused-ring (bicyclic) bond motifs is 1. The van der Waals surface area contributed by atoms with Crippen LogP contribution in [0.2, 0.25) is 10.0 Å². The van der Waals surface area contributed by atoms with E-state index in [1.807, 2.05) is 0 Å². The lowest BCUT2D eigenvalue weighted by molar-refractivity contribution is -0.144. The van der Waals surface area contributed by atoms with Crippen LogP contribution in [0.4, 0.5) is 0 Å². The van der Waals surface area contributed by atoms with Crippen molar-refractivity contribution in [2.24, 2.45) is 0 Å². The topological polar surface area (TPSA) is 92.6 Å². The second-order valence-corrected chi connectivity index (χ2v) is 8.05. The van der Waals surface area contributed by atoms with Crippen molar-refractivity contribution in [3.8, 4) is 11.3 Å². The zero-order chi connectivity index (χ0) is 21.3. The molecule has 1 fully saturated rings. The van der Waals surface area contributed by atoms with E-state index in [1.54, 1.807) is 31.2 Å². The van der Waals surface area contributed by atoms with E-state index in [2.05, 4.69) is 20.0 Å². The first kappa shape index (κ1) is 20.8. The Labute approximate surface area is 182 Å². The lowest BCUT2D eigenvalue weighted by Crippen LogP contribution is -2.37. The van der Waals surface area contributed by atoms with Gasteiger partial charge < -0.3 is 9.72 Å². The van der Waals surface area contributed by atoms with Gasteiger partial charge in [-0.2, -0.15) is 4.52 Å². The summed E-state index contributed by atoms with van der Waals surface area (Å²) < 4.78 is 6.28. The van der Waals surface area contributed by atoms with Gasteiger partial charge in [0.2, 0.25) is 0 Å². The van der Waals surface area contributed by atoms with Crippen molar-refractivity contribution in [1.82, 2.24) is 24.5 Å². The molecule has 0 aliphatic carbocycles. The van der Waals surface area contributed by atoms with E-state index >= 15 is 0 Å². The summed E-state index contributed by atoms with van der Waals surface area (Å²) in [7, 11) is 0. The minimum atomic E-state index is -0.382. The molecule has 0 bridgehead atoms. The summed E-state index contributed by atoms with van der Waals surface area (Å²) in [6.45, 7) is 3.98. The van der Waals surface area contributed by atoms with Crippen LogP contribution < -0.4 is 5.69 Å². The number of halogens is 2. The number of likely N-dealkylation sites (tertiary alicyclic amines) is 1. The molecule has 2 aromatic heterocycles. The Bertz CT molecular complexity index is 1140. The number of carbonyl (C=O) groups is 1. The predicted molar refractivity (Wildman–Crippen MR) is 114 cm³/mol. The van der Waals surface area contributed by atoms with Crippen molar-refractivity contribution >= 4 is 34.8 Å². The molecule has 1 aromatic carbocycles. The summed E-state index contributed by atoms with van der Waals surface area (Å²) in [5.41, 5.74) is 1.30. The molecule has 158 valence electrons. The highest BCUT2D eigenvalue weighted by Crippen LogP contribution is 2.30. The van der Waals surface area contributed by atoms with Gasteiger partial charge in [0.05, 0.1) is 23.9 Å². The molecule has 1 saturated heterocycles. The maximum Gasteiger partial charge on any atom is 0.348 e. The maximum atomic E-state index is 12.6. The van der Waals surface area contributed by atoms with Crippen molar-refractivity contribution < 1.29 is 9.53 Å². The summed E-state index contributed by atoms with van der Waals surface area (Å²) >= 11 is 12.2. The third-order valence-corrected chi connectivity index (χ3v) is 5.74. The number of aromatic amines is 1. The van der Waals surface area contributed by atoms with Gasteiger partial charge in [0.15, 0.2) is 11.5 Å². The molecule has 0 saturated carbocycles. The minimum absolute atomic E-state index is 0.130. The maximum absolute atomic E-state index is 12.6. The van der Waals surface area contributed by atoms with Crippen LogP contribution in [-0.4, -0.2) is 56.7 Å². The molecule has 8 nitrogen and oxygen atoms in total. The Morgan fingerprint density at radius 3 is 2.73 bits per heavy atom. The number of H-pyrrole nitrogens is 1. The average molecular weight is 450 g/mol. The number of ether oxygens (including phenoxy) is 1. The summed E-state index contributed by atoms with van der Waals surface area (Å²) in [5, 5.41) is 5.38. The van der Waals surface area contributed by atoms with Gasteiger partial charge in [0.25, 0.3) is 0 Å². The molecular weight excluding hydrogens is 429 g/mol. The third kappa shape index (κ3) is 4.35. The summed E-state index contributed by atoms with van der Waals surface area (Å²) in [6, 6.07) is 6.84. The fraction of sp³-hybridized carbons (Fsp3) is 0.400. The smallest absolute Gasteiger partial charge is 0.348 e. The molecule has 0 amide bonds. The molecule has 3 aromatic rings. The number of nitrogens with one attached hydrogen (secondary N) is 1. The molecule has 1 aliphatic rings. The standard InChI is InChI=1S/C20H21Cl2N5O3/c1-2-30-18(28)11-26-7-5-12(6-8-26)19-24-17-10-16(23-20(29)27(17)25-19)14-4-3-13(21)9-15(14)22/h3-4,9-10,12H,2,5-8,11H2,1H3,(H,23,29). The highest BCUT2D eigenvalue weighted by Gasteiger charge is 2.25. The van der Waals surface area contributed by atoms with Gasteiger partial charge in [-0.25, -0.2) is 9.78 Å². The van der Waals surface area contributed by atoms with Gasteiger partial charge >= 0.3 is 11.7 Å². The van der Waals surface area contributed by atoms with E-state index in [-0.39, 0.29) is 17.6 Å². The van der Waals surface area contributed by atoms with E-state index in [0.29, 0.717) is 45.9 Å². The number of rotatable bonds is 5. The number of nitrogens with zero attached hydrogens (tertiary/aromatic N) is 4. The summed E-state index contributed by atoms with van der Waals surface area (Å²) in [6.07, 6.45) is 1.62. The van der Waals surface area contributed by atoms with Crippen LogP contribution in [0, 0.1) is 0 Å². The average Bonchev–Trinajstić information content (AvgIpc) is 3.13. The summed E-state index contributed by atoms with van der Waals surface area (Å²) in [4.78, 5) is 33.7. The Balaban J connectivity index is 1.54. The van der Waals surface area contributed by atoms with Gasteiger partial charge in [-0.3, -0.25) is 9.69 Å². The van der Waals surface area contributed by atoms with Gasteiger partial charge in [-0.15, -0.1) is 5.10 Å². The van der Waals surface area contributed by atoms with Crippen LogP contribution >= 0.6 is 23.2 Å². The van der Waals surface area contributed by atoms with Gasteiger partial charge in [0.1, 0.15) is 0 Å². The molecule has 0 radical (unpaired) electrons. The van der Waals surface area contributed by atoms with E-state index in [0.717, 1.165) is 25.9 Å². The van der Waals surface area contributed by atoms with Gasteiger partial charge in [-0.05, 0) is 51.1 Å². The number of esters is 1. The lowest BCUT2D eigenvalue weighted by atomic mass is 9.96. The largest absolute Gasteiger partial charge is 0.465 e. The molecule has 1 aliphatic heterocycles. The predicted octanol–water partition coefficient (Wildman–Crippen LogP) is 3.13. The SMILES string of the molecule is CCOC(=O)CN1CCC(c2nc3cc(-c4ccc(Cl)cc4Cl)[nH]c(=O)n3n2)CC1. The first-order valence-corrected chi connectivity index (χ1v) is 10.5. The van der Waals surface area contributed by atoms with E-state index in [9.17, 15) is 9.59 Å². The Morgan fingerprint density at radius 2 is 2.03 bits per heavy atom. The van der Waals surface area contributed by atoms with Crippen LogP contribution in [0.1, 0.15) is 31.5 Å². The van der Waals surface area contributed by atoms with Crippen LogP contribution in [-0.2, 0) is 9.53 Å². The van der Waals surface area contributed by atoms with E-state index in [4.69, 9.17) is 27.9 Å². The molecule has 4 rings (SSSR count). The number of carbonyl (C=O) groups excluding carboxylic acids is 1. The molecule has 1 N–H and O–H groups in total. The number of benzene rings is 1. The summed E-state index contributed by atoms with van der Waals surface area (Å²) in [5.74, 6) is 0.558. The Hall–Kier alpha value is -2.42. The number of piperidine rings is 1. The molecule has 3 heterocycles. The minimum Gasteiger partial charge on any atom is -0.465 e. The molecule has 10 heteroatoms. The molecular formula is C20H21Cl2N5O3. The Morgan fingerprint density at radius 1 is 1.27 bits per heavy atom. The third-order valence-electron chi connectivity index (χ3n) is 5.19. The normalized spacial score (nSPS) is 15.6. The van der Waals surface area contributed by atoms with Crippen molar-refractivity contribution in [1.29, 1.82) is 0 Å². The zero-order valence-electron chi connectivity index (χ0n) is 16.4. The monoisotopic (exact) mass is 449 g/mol. The lowest BCUT2D eigenvalue weighted by Gasteiger charge is -2.29. The quantitative estimate of drug-likeness (QED) is 0.601. The van der Waals surface area contributed by atoms with Crippen LogP contribution in [0.3, 0.4) is 0 Å². The number of hydrogen-bond donors (Lipinski definition) is 1. The highest BCUT2D eigenvalue weighted by atomic mass is 35.5. The van der Waals surface area contributed by atoms with Gasteiger partial charge in [0, 0.05) is 22.6 Å². The zero-order valence-corrected chi connectivity index (χ0v) is 17.9. The number of hydrogen-bond acceptors (Lipinski definition) is 6. The second kappa shape index (κ2) is 8.75. The first-order valence-electron chi connectivity index (χ1n) is 9.78. The fourth-order valence-electron chi connectivity index (χ4n) is 3.68. The van der Waals surface area contributed by atoms with Crippen molar-refractivity contribution in [3.63, 3.8) is 0 Å². The van der Waals surface area contributed by atoms with E-state index < -0.39 is 0 Å². The first-order chi connectivity index (χ1) is 14.4. The molecule has 0 unspecified atom stereocenters. The second-order valence-electron chi connectivity index (χ2n) is 7.21. The van der Waals surface area contributed by atoms with Crippen molar-refractivity contribution in [3.05, 3.63) is 50.6 Å². The van der Waals surface area contributed by atoms with Crippen molar-refractivity contribution in [2.45, 2.75) is 25.7 Å². The molecule has 0 spiro atoms. The fourth-order valence-corrected chi connectivity index (χ4v) is 4.19. The highest BCUT2D eigenvalue weighted by molar-refractivity contribution is 6.36. The van der Waals surface area contributed by atoms with Crippen LogP contribution in [0.5, 0.6) is 0 Å². The molecule has 30 heavy (non-hydrogen) atoms. The van der Waals surface area contributed by atoms with E-state index in [1.165, 1.54) is 4.52 Å². The van der Waals surface area contributed by atoms with Crippen LogP contribution in [0.25, 0.3) is 16.9 Å². The molecule has 0 atom stereocenters. The number of aromatic nitrogens is 4. The van der Waals surface area contributed by atoms with Crippen molar-refractivity contribution in [2.75, 3.05) is 26.2 Å². The van der Waals surface area contributed by atoms with Gasteiger partial charge in [-0.1, -0.05) is 23.2 Å².